The molecular weight excluding hydrogens is 108 g/mol. The van der Waals surface area contributed by atoms with Gasteiger partial charge in [-0.2, -0.15) is 0 Å². The van der Waals surface area contributed by atoms with Gasteiger partial charge in [-0.1, -0.05) is 46.0 Å². The summed E-state index contributed by atoms with van der Waals surface area (Å²) in [7, 11) is 0. The second-order valence-corrected chi connectivity index (χ2v) is 3.37. The molecule has 9 heavy (non-hydrogen) atoms. The summed E-state index contributed by atoms with van der Waals surface area (Å²) in [5, 5.41) is 0. The third-order valence-corrected chi connectivity index (χ3v) is 2.31. The van der Waals surface area contributed by atoms with E-state index in [9.17, 15) is 0 Å². The standard InChI is InChI=1S/C9H18/c1-8(2)9-6-4-3-5-7-9/h8-9H,3-7H2,1-2H3/i9D. The minimum absolute atomic E-state index is 0.0712. The molecule has 1 saturated carbocycles. The van der Waals surface area contributed by atoms with E-state index in [0.717, 1.165) is 12.8 Å². The number of hydrogen-bond donors (Lipinski definition) is 0. The second kappa shape index (κ2) is 3.24. The average Bonchev–Trinajstić information content (AvgIpc) is 1.89. The predicted molar refractivity (Wildman–Crippen MR) is 41.4 cm³/mol. The van der Waals surface area contributed by atoms with Gasteiger partial charge in [0.25, 0.3) is 0 Å². The van der Waals surface area contributed by atoms with Gasteiger partial charge in [0.15, 0.2) is 0 Å². The molecule has 0 aromatic carbocycles. The molecule has 0 spiro atoms. The normalized spacial score (nSPS) is 28.1. The fourth-order valence-corrected chi connectivity index (χ4v) is 1.58. The molecule has 1 aliphatic rings. The molecule has 1 fully saturated rings. The molecule has 0 radical (unpaired) electrons. The summed E-state index contributed by atoms with van der Waals surface area (Å²) in [4.78, 5) is 0. The van der Waals surface area contributed by atoms with Gasteiger partial charge in [0, 0.05) is 1.37 Å². The number of hydrogen-bond acceptors (Lipinski definition) is 0. The third kappa shape index (κ3) is 2.00. The van der Waals surface area contributed by atoms with Gasteiger partial charge in [-0.3, -0.25) is 0 Å². The van der Waals surface area contributed by atoms with Crippen molar-refractivity contribution in [1.29, 1.82) is 0 Å². The summed E-state index contributed by atoms with van der Waals surface area (Å²) in [6, 6.07) is 0. The SMILES string of the molecule is [2H]C1(C(C)C)CCCCC1. The fourth-order valence-electron chi connectivity index (χ4n) is 1.58. The van der Waals surface area contributed by atoms with Crippen molar-refractivity contribution in [2.45, 2.75) is 46.0 Å². The lowest BCUT2D eigenvalue weighted by Gasteiger charge is -2.24. The molecule has 0 aromatic heterocycles. The van der Waals surface area contributed by atoms with Gasteiger partial charge in [-0.15, -0.1) is 0 Å². The lowest BCUT2D eigenvalue weighted by molar-refractivity contribution is 0.279. The van der Waals surface area contributed by atoms with Crippen LogP contribution in [0, 0.1) is 11.8 Å². The van der Waals surface area contributed by atoms with Crippen LogP contribution in [0.4, 0.5) is 0 Å². The average molecular weight is 127 g/mol. The van der Waals surface area contributed by atoms with Crippen LogP contribution in [0.5, 0.6) is 0 Å². The van der Waals surface area contributed by atoms with Crippen LogP contribution >= 0.6 is 0 Å². The highest BCUT2D eigenvalue weighted by atomic mass is 14.2. The molecule has 0 N–H and O–H groups in total. The Morgan fingerprint density at radius 3 is 2.11 bits per heavy atom. The third-order valence-electron chi connectivity index (χ3n) is 2.31. The zero-order valence-electron chi connectivity index (χ0n) is 7.61. The Morgan fingerprint density at radius 1 is 1.22 bits per heavy atom. The molecule has 1 rings (SSSR count). The van der Waals surface area contributed by atoms with Crippen LogP contribution in [0.2, 0.25) is 0 Å². The minimum atomic E-state index is -0.0712. The van der Waals surface area contributed by atoms with E-state index in [2.05, 4.69) is 13.8 Å². The summed E-state index contributed by atoms with van der Waals surface area (Å²) in [5.41, 5.74) is 0. The Balaban J connectivity index is 2.48. The van der Waals surface area contributed by atoms with Gasteiger partial charge in [0.2, 0.25) is 0 Å². The van der Waals surface area contributed by atoms with Crippen molar-refractivity contribution in [1.82, 2.24) is 0 Å². The zero-order valence-corrected chi connectivity index (χ0v) is 6.61. The van der Waals surface area contributed by atoms with Gasteiger partial charge < -0.3 is 0 Å². The molecule has 0 heterocycles. The summed E-state index contributed by atoms with van der Waals surface area (Å²) >= 11 is 0. The fraction of sp³-hybridized carbons (Fsp3) is 1.00. The highest BCUT2D eigenvalue weighted by Crippen LogP contribution is 2.29. The van der Waals surface area contributed by atoms with E-state index < -0.39 is 0 Å². The van der Waals surface area contributed by atoms with Crippen molar-refractivity contribution in [2.75, 3.05) is 0 Å². The monoisotopic (exact) mass is 127 g/mol. The predicted octanol–water partition coefficient (Wildman–Crippen LogP) is 3.22. The van der Waals surface area contributed by atoms with Crippen molar-refractivity contribution in [3.63, 3.8) is 0 Å². The molecule has 0 aromatic rings. The van der Waals surface area contributed by atoms with Crippen LogP contribution in [0.1, 0.15) is 47.3 Å². The Kier molecular flexibility index (Phi) is 2.07. The molecule has 0 bridgehead atoms. The largest absolute Gasteiger partial charge is 0.0625 e. The molecular formula is C9H18. The van der Waals surface area contributed by atoms with Crippen molar-refractivity contribution in [3.8, 4) is 0 Å². The summed E-state index contributed by atoms with van der Waals surface area (Å²) in [6.45, 7) is 4.36. The molecule has 1 aliphatic carbocycles. The zero-order chi connectivity index (χ0) is 7.61. The van der Waals surface area contributed by atoms with E-state index in [1.807, 2.05) is 0 Å². The summed E-state index contributed by atoms with van der Waals surface area (Å²) in [6.07, 6.45) is 6.17. The summed E-state index contributed by atoms with van der Waals surface area (Å²) < 4.78 is 8.08. The molecule has 0 saturated heterocycles. The number of rotatable bonds is 1. The Bertz CT molecular complexity index is 101. The first-order valence-electron chi connectivity index (χ1n) is 4.65. The van der Waals surface area contributed by atoms with Crippen LogP contribution in [0.3, 0.4) is 0 Å². The van der Waals surface area contributed by atoms with Crippen molar-refractivity contribution < 1.29 is 1.37 Å². The van der Waals surface area contributed by atoms with Gasteiger partial charge in [0.05, 0.1) is 0 Å². The van der Waals surface area contributed by atoms with Gasteiger partial charge in [-0.05, 0) is 11.8 Å². The lowest BCUT2D eigenvalue weighted by atomic mass is 9.82. The van der Waals surface area contributed by atoms with Crippen LogP contribution in [-0.2, 0) is 0 Å². The van der Waals surface area contributed by atoms with E-state index >= 15 is 0 Å². The first-order valence-corrected chi connectivity index (χ1v) is 4.15. The first kappa shape index (κ1) is 5.76. The molecule has 0 nitrogen and oxygen atoms in total. The lowest BCUT2D eigenvalue weighted by Crippen LogP contribution is -2.12. The Labute approximate surface area is 60.1 Å². The van der Waals surface area contributed by atoms with E-state index in [4.69, 9.17) is 1.37 Å². The molecule has 0 aliphatic heterocycles. The maximum Gasteiger partial charge on any atom is 0.0305 e. The van der Waals surface area contributed by atoms with E-state index in [1.54, 1.807) is 0 Å². The topological polar surface area (TPSA) is 0 Å². The van der Waals surface area contributed by atoms with E-state index in [-0.39, 0.29) is 5.89 Å². The van der Waals surface area contributed by atoms with Crippen molar-refractivity contribution in [2.24, 2.45) is 11.8 Å². The molecule has 0 heteroatoms. The minimum Gasteiger partial charge on any atom is -0.0625 e. The van der Waals surface area contributed by atoms with Crippen LogP contribution < -0.4 is 0 Å². The van der Waals surface area contributed by atoms with Gasteiger partial charge >= 0.3 is 0 Å². The Hall–Kier alpha value is 0. The summed E-state index contributed by atoms with van der Waals surface area (Å²) in [5.74, 6) is 0.478. The molecule has 54 valence electrons. The van der Waals surface area contributed by atoms with E-state index in [1.165, 1.54) is 19.3 Å². The van der Waals surface area contributed by atoms with Crippen LogP contribution in [-0.4, -0.2) is 0 Å². The van der Waals surface area contributed by atoms with Gasteiger partial charge in [-0.25, -0.2) is 0 Å². The highest BCUT2D eigenvalue weighted by Gasteiger charge is 2.15. The molecule has 0 atom stereocenters. The molecule has 0 unspecified atom stereocenters. The smallest absolute Gasteiger partial charge is 0.0305 e. The quantitative estimate of drug-likeness (QED) is 0.507. The van der Waals surface area contributed by atoms with Crippen molar-refractivity contribution in [3.05, 3.63) is 0 Å². The van der Waals surface area contributed by atoms with Gasteiger partial charge in [0.1, 0.15) is 0 Å². The van der Waals surface area contributed by atoms with E-state index in [0.29, 0.717) is 5.92 Å². The molecule has 0 amide bonds. The second-order valence-electron chi connectivity index (χ2n) is 3.37. The first-order chi connectivity index (χ1) is 4.65. The van der Waals surface area contributed by atoms with Crippen LogP contribution in [0.25, 0.3) is 0 Å². The Morgan fingerprint density at radius 2 is 1.78 bits per heavy atom. The highest BCUT2D eigenvalue weighted by molar-refractivity contribution is 4.67. The van der Waals surface area contributed by atoms with Crippen LogP contribution in [0.15, 0.2) is 0 Å². The van der Waals surface area contributed by atoms with Crippen molar-refractivity contribution >= 4 is 0 Å². The maximum atomic E-state index is 8.08. The maximum absolute atomic E-state index is 8.08.